The summed E-state index contributed by atoms with van der Waals surface area (Å²) in [7, 11) is 0. The first-order valence-corrected chi connectivity index (χ1v) is 9.78. The summed E-state index contributed by atoms with van der Waals surface area (Å²) in [4.78, 5) is 10.7. The van der Waals surface area contributed by atoms with Crippen molar-refractivity contribution in [3.63, 3.8) is 0 Å². The van der Waals surface area contributed by atoms with Crippen LogP contribution in [0, 0.1) is 5.92 Å². The highest BCUT2D eigenvalue weighted by molar-refractivity contribution is 6.31. The Bertz CT molecular complexity index is 856. The van der Waals surface area contributed by atoms with E-state index in [9.17, 15) is 4.79 Å². The fraction of sp³-hybridized carbons (Fsp3) is 0.318. The smallest absolute Gasteiger partial charge is 0.303 e. The van der Waals surface area contributed by atoms with Crippen molar-refractivity contribution in [1.29, 1.82) is 0 Å². The Balaban J connectivity index is 1.70. The van der Waals surface area contributed by atoms with E-state index in [2.05, 4.69) is 19.1 Å². The van der Waals surface area contributed by atoms with E-state index >= 15 is 0 Å². The van der Waals surface area contributed by atoms with Crippen molar-refractivity contribution in [2.24, 2.45) is 5.92 Å². The number of hydrogen-bond acceptors (Lipinski definition) is 2. The van der Waals surface area contributed by atoms with Crippen molar-refractivity contribution in [2.45, 2.75) is 32.6 Å². The van der Waals surface area contributed by atoms with E-state index in [1.54, 1.807) is 6.07 Å². The Hall–Kier alpha value is -1.97. The van der Waals surface area contributed by atoms with Crippen LogP contribution in [0.5, 0.6) is 5.75 Å². The van der Waals surface area contributed by atoms with Crippen LogP contribution in [0.4, 0.5) is 0 Å². The number of rotatable bonds is 7. The largest absolute Gasteiger partial charge is 0.489 e. The monoisotopic (exact) mass is 404 g/mol. The highest BCUT2D eigenvalue weighted by atomic mass is 35.5. The average Bonchev–Trinajstić information content (AvgIpc) is 3.00. The molecule has 0 radical (unpaired) electrons. The van der Waals surface area contributed by atoms with Gasteiger partial charge in [0.15, 0.2) is 0 Å². The van der Waals surface area contributed by atoms with Gasteiger partial charge in [0.2, 0.25) is 0 Å². The first kappa shape index (κ1) is 19.8. The Morgan fingerprint density at radius 3 is 2.56 bits per heavy atom. The third kappa shape index (κ3) is 5.27. The summed E-state index contributed by atoms with van der Waals surface area (Å²) >= 11 is 12.3. The van der Waals surface area contributed by atoms with Crippen LogP contribution in [-0.4, -0.2) is 17.7 Å². The van der Waals surface area contributed by atoms with Crippen molar-refractivity contribution in [1.82, 2.24) is 0 Å². The van der Waals surface area contributed by atoms with Crippen molar-refractivity contribution < 1.29 is 14.6 Å². The molecule has 2 aromatic rings. The van der Waals surface area contributed by atoms with Crippen LogP contribution in [0.3, 0.4) is 0 Å². The van der Waals surface area contributed by atoms with Crippen LogP contribution in [0.15, 0.2) is 48.0 Å². The van der Waals surface area contributed by atoms with Gasteiger partial charge < -0.3 is 9.84 Å². The summed E-state index contributed by atoms with van der Waals surface area (Å²) in [5.74, 6) is 0.459. The molecule has 27 heavy (non-hydrogen) atoms. The van der Waals surface area contributed by atoms with Crippen LogP contribution in [0.1, 0.15) is 37.3 Å². The zero-order chi connectivity index (χ0) is 19.4. The molecule has 0 spiro atoms. The van der Waals surface area contributed by atoms with Gasteiger partial charge in [0.1, 0.15) is 12.4 Å². The van der Waals surface area contributed by atoms with Gasteiger partial charge in [-0.2, -0.15) is 0 Å². The van der Waals surface area contributed by atoms with Crippen molar-refractivity contribution in [2.75, 3.05) is 6.61 Å². The van der Waals surface area contributed by atoms with Gasteiger partial charge in [0, 0.05) is 16.5 Å². The lowest BCUT2D eigenvalue weighted by Crippen LogP contribution is -2.03. The molecule has 1 atom stereocenters. The van der Waals surface area contributed by atoms with Gasteiger partial charge in [0.05, 0.1) is 0 Å². The summed E-state index contributed by atoms with van der Waals surface area (Å²) in [6.07, 6.45) is 2.53. The second kappa shape index (κ2) is 8.81. The summed E-state index contributed by atoms with van der Waals surface area (Å²) in [5.41, 5.74) is 4.66. The van der Waals surface area contributed by atoms with E-state index in [-0.39, 0.29) is 6.42 Å². The Labute approximate surface area is 169 Å². The fourth-order valence-corrected chi connectivity index (χ4v) is 3.85. The molecule has 2 aromatic carbocycles. The van der Waals surface area contributed by atoms with Gasteiger partial charge in [0.25, 0.3) is 0 Å². The summed E-state index contributed by atoms with van der Waals surface area (Å²) in [6.45, 7) is 2.77. The molecule has 1 aliphatic carbocycles. The van der Waals surface area contributed by atoms with Gasteiger partial charge >= 0.3 is 5.97 Å². The molecule has 0 aliphatic heterocycles. The van der Waals surface area contributed by atoms with Gasteiger partial charge in [-0.1, -0.05) is 48.3 Å². The lowest BCUT2D eigenvalue weighted by Gasteiger charge is -2.12. The van der Waals surface area contributed by atoms with E-state index in [4.69, 9.17) is 33.0 Å². The number of carboxylic acid groups (broad SMARTS) is 1. The number of halogens is 2. The lowest BCUT2D eigenvalue weighted by molar-refractivity contribution is -0.136. The molecular weight excluding hydrogens is 383 g/mol. The van der Waals surface area contributed by atoms with Crippen LogP contribution in [0.25, 0.3) is 5.57 Å². The highest BCUT2D eigenvalue weighted by Crippen LogP contribution is 2.38. The molecule has 3 nitrogen and oxygen atoms in total. The zero-order valence-electron chi connectivity index (χ0n) is 15.2. The number of aliphatic carboxylic acids is 1. The van der Waals surface area contributed by atoms with E-state index in [0.29, 0.717) is 29.7 Å². The van der Waals surface area contributed by atoms with Gasteiger partial charge in [-0.05, 0) is 71.7 Å². The minimum absolute atomic E-state index is 0.0646. The number of carbonyl (C=O) groups is 1. The van der Waals surface area contributed by atoms with E-state index in [0.717, 1.165) is 23.4 Å². The molecule has 0 saturated heterocycles. The lowest BCUT2D eigenvalue weighted by atomic mass is 10.0. The molecule has 5 heteroatoms. The second-order valence-electron chi connectivity index (χ2n) is 7.04. The molecule has 0 aromatic heterocycles. The number of ether oxygens (including phenoxy) is 1. The van der Waals surface area contributed by atoms with E-state index in [1.165, 1.54) is 16.7 Å². The molecular formula is C22H22Cl2O3. The third-order valence-electron chi connectivity index (χ3n) is 4.81. The number of benzene rings is 2. The number of hydrogen-bond donors (Lipinski definition) is 1. The zero-order valence-corrected chi connectivity index (χ0v) is 16.7. The Morgan fingerprint density at radius 2 is 1.89 bits per heavy atom. The molecule has 0 heterocycles. The quantitative estimate of drug-likeness (QED) is 0.590. The molecule has 0 saturated carbocycles. The molecule has 142 valence electrons. The molecule has 0 bridgehead atoms. The molecule has 1 unspecified atom stereocenters. The van der Waals surface area contributed by atoms with E-state index < -0.39 is 5.97 Å². The number of carboxylic acids is 1. The predicted molar refractivity (Wildman–Crippen MR) is 110 cm³/mol. The molecule has 1 aliphatic rings. The third-order valence-corrected chi connectivity index (χ3v) is 5.42. The predicted octanol–water partition coefficient (Wildman–Crippen LogP) is 6.27. The number of aryl methyl sites for hydroxylation is 1. The minimum atomic E-state index is -0.830. The fourth-order valence-electron chi connectivity index (χ4n) is 3.46. The molecule has 3 rings (SSSR count). The average molecular weight is 405 g/mol. The van der Waals surface area contributed by atoms with Crippen LogP contribution in [-0.2, 0) is 11.2 Å². The van der Waals surface area contributed by atoms with Gasteiger partial charge in [-0.15, -0.1) is 0 Å². The summed E-state index contributed by atoms with van der Waals surface area (Å²) < 4.78 is 5.99. The molecule has 0 amide bonds. The molecule has 1 N–H and O–H groups in total. The normalized spacial score (nSPS) is 16.6. The standard InChI is InChI=1S/C22H22Cl2O3/c1-14-10-17(20(11-14)15-2-6-18(23)7-3-15)13-27-19-8-4-16(21(24)12-19)5-9-22(25)26/h2-4,6-8,12,14H,5,9-11,13H2,1H3,(H,25,26). The molecule has 0 fully saturated rings. The minimum Gasteiger partial charge on any atom is -0.489 e. The van der Waals surface area contributed by atoms with Crippen molar-refractivity contribution >= 4 is 34.7 Å². The first-order chi connectivity index (χ1) is 12.9. The van der Waals surface area contributed by atoms with E-state index in [1.807, 2.05) is 24.3 Å². The SMILES string of the molecule is CC1CC(COc2ccc(CCC(=O)O)c(Cl)c2)=C(c2ccc(Cl)cc2)C1. The van der Waals surface area contributed by atoms with Crippen molar-refractivity contribution in [3.05, 3.63) is 69.2 Å². The number of allylic oxidation sites excluding steroid dienone is 1. The van der Waals surface area contributed by atoms with Crippen molar-refractivity contribution in [3.8, 4) is 5.75 Å². The van der Waals surface area contributed by atoms with Gasteiger partial charge in [-0.25, -0.2) is 0 Å². The maximum absolute atomic E-state index is 10.7. The second-order valence-corrected chi connectivity index (χ2v) is 7.88. The maximum Gasteiger partial charge on any atom is 0.303 e. The van der Waals surface area contributed by atoms with Crippen LogP contribution < -0.4 is 4.74 Å². The highest BCUT2D eigenvalue weighted by Gasteiger charge is 2.22. The topological polar surface area (TPSA) is 46.5 Å². The summed E-state index contributed by atoms with van der Waals surface area (Å²) in [6, 6.07) is 13.4. The van der Waals surface area contributed by atoms with Crippen LogP contribution in [0.2, 0.25) is 10.0 Å². The first-order valence-electron chi connectivity index (χ1n) is 9.02. The Morgan fingerprint density at radius 1 is 1.15 bits per heavy atom. The summed E-state index contributed by atoms with van der Waals surface area (Å²) in [5, 5.41) is 10.1. The van der Waals surface area contributed by atoms with Crippen LogP contribution >= 0.6 is 23.2 Å². The van der Waals surface area contributed by atoms with Gasteiger partial charge in [-0.3, -0.25) is 4.79 Å². The maximum atomic E-state index is 10.7. The Kier molecular flexibility index (Phi) is 6.46.